The first-order chi connectivity index (χ1) is 21.1. The van der Waals surface area contributed by atoms with Gasteiger partial charge < -0.3 is 34.6 Å². The standard InChI is InChI=1S/C17H27NO2.C16H25NO2.C4H8O/c1-18(2)13-16(17(19)11-5-4-6-12-17)14-7-9-15(20-3)10-8-14;1-17(2)12-15(13-6-8-14(18)9-7-13)16(19)10-4-3-5-11-16;1-2-4-5-3-1/h7-10,16,19H,4-6,11-13H2,1-3H3;6-9,15,18-19H,3-5,10-12H2,1-2H3;1-4H2. The lowest BCUT2D eigenvalue weighted by Gasteiger charge is -2.40. The maximum Gasteiger partial charge on any atom is 0.118 e. The van der Waals surface area contributed by atoms with Crippen molar-refractivity contribution in [1.29, 1.82) is 0 Å². The zero-order valence-electron chi connectivity index (χ0n) is 28.1. The smallest absolute Gasteiger partial charge is 0.118 e. The van der Waals surface area contributed by atoms with Crippen molar-refractivity contribution in [3.8, 4) is 11.5 Å². The molecular weight excluding hydrogens is 552 g/mol. The Bertz CT molecular complexity index is 1030. The predicted octanol–water partition coefficient (Wildman–Crippen LogP) is 6.57. The number of ether oxygens (including phenoxy) is 2. The average Bonchev–Trinajstić information content (AvgIpc) is 3.61. The number of phenolic OH excluding ortho intramolecular Hbond substituents is 1. The molecule has 44 heavy (non-hydrogen) atoms. The molecule has 0 spiro atoms. The SMILES string of the molecule is C1CCOC1.CN(C)CC(c1ccc(O)cc1)C1(O)CCCCC1.COc1ccc(C(CN(C)C)C2(O)CCCCC2)cc1. The maximum absolute atomic E-state index is 11.1. The predicted molar refractivity (Wildman–Crippen MR) is 180 cm³/mol. The van der Waals surface area contributed by atoms with E-state index in [-0.39, 0.29) is 17.6 Å². The number of hydrogen-bond donors (Lipinski definition) is 3. The minimum absolute atomic E-state index is 0.114. The van der Waals surface area contributed by atoms with Gasteiger partial charge in [0, 0.05) is 38.1 Å². The lowest BCUT2D eigenvalue weighted by Crippen LogP contribution is -2.42. The highest BCUT2D eigenvalue weighted by atomic mass is 16.5. The van der Waals surface area contributed by atoms with Gasteiger partial charge in [0.25, 0.3) is 0 Å². The number of hydrogen-bond acceptors (Lipinski definition) is 7. The highest BCUT2D eigenvalue weighted by molar-refractivity contribution is 5.32. The third-order valence-electron chi connectivity index (χ3n) is 9.47. The van der Waals surface area contributed by atoms with Crippen LogP contribution >= 0.6 is 0 Å². The Kier molecular flexibility index (Phi) is 14.9. The largest absolute Gasteiger partial charge is 0.508 e. The number of aliphatic hydroxyl groups is 2. The van der Waals surface area contributed by atoms with E-state index < -0.39 is 11.2 Å². The number of benzene rings is 2. The number of phenols is 1. The van der Waals surface area contributed by atoms with Crippen LogP contribution in [0.1, 0.15) is 100 Å². The van der Waals surface area contributed by atoms with Gasteiger partial charge in [0.05, 0.1) is 18.3 Å². The number of methoxy groups -OCH3 is 1. The van der Waals surface area contributed by atoms with Crippen LogP contribution in [0, 0.1) is 0 Å². The summed E-state index contributed by atoms with van der Waals surface area (Å²) in [5, 5.41) is 31.5. The fourth-order valence-corrected chi connectivity index (χ4v) is 6.98. The van der Waals surface area contributed by atoms with Crippen LogP contribution in [0.2, 0.25) is 0 Å². The minimum atomic E-state index is -0.598. The molecule has 5 rings (SSSR count). The third kappa shape index (κ3) is 11.3. The molecule has 2 unspecified atom stereocenters. The minimum Gasteiger partial charge on any atom is -0.508 e. The summed E-state index contributed by atoms with van der Waals surface area (Å²) in [5.74, 6) is 1.43. The molecule has 2 atom stereocenters. The van der Waals surface area contributed by atoms with Crippen molar-refractivity contribution >= 4 is 0 Å². The number of rotatable bonds is 9. The summed E-state index contributed by atoms with van der Waals surface area (Å²) in [6.45, 7) is 3.71. The van der Waals surface area contributed by atoms with Gasteiger partial charge in [0.2, 0.25) is 0 Å². The van der Waals surface area contributed by atoms with E-state index in [1.165, 1.54) is 31.2 Å². The van der Waals surface area contributed by atoms with Crippen LogP contribution in [-0.2, 0) is 4.74 Å². The van der Waals surface area contributed by atoms with Crippen molar-refractivity contribution in [3.63, 3.8) is 0 Å². The van der Waals surface area contributed by atoms with Gasteiger partial charge in [-0.2, -0.15) is 0 Å². The Morgan fingerprint density at radius 2 is 1.02 bits per heavy atom. The summed E-state index contributed by atoms with van der Waals surface area (Å²) in [5.41, 5.74) is 1.18. The van der Waals surface area contributed by atoms with Crippen molar-refractivity contribution < 1.29 is 24.8 Å². The molecule has 7 heteroatoms. The Balaban J connectivity index is 0.000000207. The number of aromatic hydroxyl groups is 1. The van der Waals surface area contributed by atoms with Gasteiger partial charge in [-0.15, -0.1) is 0 Å². The van der Waals surface area contributed by atoms with Crippen molar-refractivity contribution in [2.45, 2.75) is 100 Å². The highest BCUT2D eigenvalue weighted by Crippen LogP contribution is 2.41. The summed E-state index contributed by atoms with van der Waals surface area (Å²) < 4.78 is 10.2. The Morgan fingerprint density at radius 1 is 0.636 bits per heavy atom. The summed E-state index contributed by atoms with van der Waals surface area (Å²) in [4.78, 5) is 4.30. The third-order valence-corrected chi connectivity index (χ3v) is 9.47. The maximum atomic E-state index is 11.1. The van der Waals surface area contributed by atoms with E-state index in [0.717, 1.165) is 89.0 Å². The van der Waals surface area contributed by atoms with Crippen LogP contribution in [0.5, 0.6) is 11.5 Å². The topological polar surface area (TPSA) is 85.6 Å². The van der Waals surface area contributed by atoms with E-state index in [2.05, 4.69) is 36.0 Å². The van der Waals surface area contributed by atoms with E-state index in [1.54, 1.807) is 19.2 Å². The number of nitrogens with zero attached hydrogens (tertiary/aromatic N) is 2. The quantitative estimate of drug-likeness (QED) is 0.296. The summed E-state index contributed by atoms with van der Waals surface area (Å²) in [7, 11) is 9.91. The van der Waals surface area contributed by atoms with Crippen LogP contribution in [0.3, 0.4) is 0 Å². The fourth-order valence-electron chi connectivity index (χ4n) is 6.98. The van der Waals surface area contributed by atoms with E-state index in [1.807, 2.05) is 38.4 Å². The summed E-state index contributed by atoms with van der Waals surface area (Å²) in [6, 6.07) is 15.5. The first kappa shape index (κ1) is 36.3. The summed E-state index contributed by atoms with van der Waals surface area (Å²) >= 11 is 0. The van der Waals surface area contributed by atoms with Gasteiger partial charge in [-0.1, -0.05) is 62.8 Å². The van der Waals surface area contributed by atoms with Crippen molar-refractivity contribution in [2.75, 3.05) is 61.6 Å². The summed E-state index contributed by atoms with van der Waals surface area (Å²) in [6.07, 6.45) is 13.1. The molecule has 3 fully saturated rings. The first-order valence-electron chi connectivity index (χ1n) is 16.8. The zero-order valence-corrected chi connectivity index (χ0v) is 28.1. The van der Waals surface area contributed by atoms with E-state index in [0.29, 0.717) is 0 Å². The van der Waals surface area contributed by atoms with Gasteiger partial charge >= 0.3 is 0 Å². The zero-order chi connectivity index (χ0) is 32.0. The Hall–Kier alpha value is -2.16. The van der Waals surface area contributed by atoms with Crippen molar-refractivity contribution in [3.05, 3.63) is 59.7 Å². The van der Waals surface area contributed by atoms with Crippen LogP contribution in [0.15, 0.2) is 48.5 Å². The fraction of sp³-hybridized carbons (Fsp3) is 0.676. The molecule has 1 aliphatic heterocycles. The van der Waals surface area contributed by atoms with Gasteiger partial charge in [-0.05, 0) is 102 Å². The average molecular weight is 613 g/mol. The molecule has 0 bridgehead atoms. The molecule has 2 saturated carbocycles. The highest BCUT2D eigenvalue weighted by Gasteiger charge is 2.40. The molecule has 2 aliphatic carbocycles. The monoisotopic (exact) mass is 612 g/mol. The molecule has 3 N–H and O–H groups in total. The van der Waals surface area contributed by atoms with Crippen LogP contribution in [0.4, 0.5) is 0 Å². The van der Waals surface area contributed by atoms with Crippen molar-refractivity contribution in [1.82, 2.24) is 9.80 Å². The van der Waals surface area contributed by atoms with Gasteiger partial charge in [-0.3, -0.25) is 0 Å². The molecule has 248 valence electrons. The van der Waals surface area contributed by atoms with Crippen LogP contribution in [0.25, 0.3) is 0 Å². The molecule has 2 aromatic rings. The second-order valence-electron chi connectivity index (χ2n) is 13.6. The van der Waals surface area contributed by atoms with E-state index in [4.69, 9.17) is 9.47 Å². The molecular formula is C37H60N2O5. The molecule has 0 radical (unpaired) electrons. The second-order valence-corrected chi connectivity index (χ2v) is 13.6. The number of likely N-dealkylation sites (N-methyl/N-ethyl adjacent to an activating group) is 2. The normalized spacial score (nSPS) is 20.6. The first-order valence-corrected chi connectivity index (χ1v) is 16.8. The Morgan fingerprint density at radius 3 is 1.34 bits per heavy atom. The van der Waals surface area contributed by atoms with Crippen molar-refractivity contribution in [2.24, 2.45) is 0 Å². The molecule has 0 aromatic heterocycles. The molecule has 1 saturated heterocycles. The lowest BCUT2D eigenvalue weighted by atomic mass is 9.72. The van der Waals surface area contributed by atoms with Crippen LogP contribution in [-0.4, -0.2) is 97.9 Å². The molecule has 3 aliphatic rings. The van der Waals surface area contributed by atoms with Gasteiger partial charge in [0.15, 0.2) is 0 Å². The second kappa shape index (κ2) is 18.1. The molecule has 7 nitrogen and oxygen atoms in total. The molecule has 0 amide bonds. The Labute approximate surface area is 267 Å². The molecule has 2 aromatic carbocycles. The molecule has 1 heterocycles. The van der Waals surface area contributed by atoms with Crippen LogP contribution < -0.4 is 4.74 Å². The van der Waals surface area contributed by atoms with Gasteiger partial charge in [-0.25, -0.2) is 0 Å². The van der Waals surface area contributed by atoms with Gasteiger partial charge in [0.1, 0.15) is 11.5 Å². The van der Waals surface area contributed by atoms with E-state index >= 15 is 0 Å². The lowest BCUT2D eigenvalue weighted by molar-refractivity contribution is -0.0280. The van der Waals surface area contributed by atoms with E-state index in [9.17, 15) is 15.3 Å².